The molecule has 0 amide bonds. The number of benzene rings is 8. The van der Waals surface area contributed by atoms with E-state index < -0.39 is 5.97 Å². The average molecular weight is 2270 g/mol. The second kappa shape index (κ2) is 60.6. The Morgan fingerprint density at radius 2 is 0.855 bits per heavy atom. The van der Waals surface area contributed by atoms with Gasteiger partial charge in [0, 0.05) is 173 Å². The number of hydrogen-bond acceptors (Lipinski definition) is 13. The van der Waals surface area contributed by atoms with Gasteiger partial charge in [0.15, 0.2) is 17.3 Å². The number of aliphatic imine (C=N–C) groups is 1. The molecule has 0 aliphatic carbocycles. The van der Waals surface area contributed by atoms with Crippen molar-refractivity contribution in [2.75, 3.05) is 19.0 Å². The van der Waals surface area contributed by atoms with Crippen molar-refractivity contribution in [3.63, 3.8) is 0 Å². The number of rotatable bonds is 19. The summed E-state index contributed by atoms with van der Waals surface area (Å²) in [5, 5.41) is 34.3. The third kappa shape index (κ3) is 43.4. The van der Waals surface area contributed by atoms with E-state index in [1.54, 1.807) is 86.9 Å². The van der Waals surface area contributed by atoms with Gasteiger partial charge in [-0.25, -0.2) is 18.6 Å². The zero-order valence-electron chi connectivity index (χ0n) is 65.1. The van der Waals surface area contributed by atoms with Gasteiger partial charge in [0.05, 0.1) is 30.4 Å². The van der Waals surface area contributed by atoms with Gasteiger partial charge in [0.25, 0.3) is 0 Å². The SMILES string of the molecule is CC(=O)C=C(C)O.CC(O)=CC(=O)c1ccccc1.CCC(=O)C=C(O)CC.Fc1ccc([C-]=C(c2ccc(F)cc2)c2ccccn2)cc1.O=C(O)c1ccccn1.[C-]#[N+]C(=[C-]c1ccc(N(C)C)cc1)c1ccccn1.[C-](=C(c1ccccc1)c1ccccn1)c1ccccc1.[Ir].[Ir].[Ir].[Ir].[c-]1ccccc1C=NCc1ccccc1. The smallest absolute Gasteiger partial charge is 0.354 e. The molecule has 4 heterocycles. The summed E-state index contributed by atoms with van der Waals surface area (Å²) in [7, 11) is 3.99. The van der Waals surface area contributed by atoms with Crippen molar-refractivity contribution in [3.05, 3.63) is 466 Å². The molecule has 0 fully saturated rings. The van der Waals surface area contributed by atoms with E-state index in [2.05, 4.69) is 78.3 Å². The Morgan fingerprint density at radius 1 is 0.453 bits per heavy atom. The van der Waals surface area contributed by atoms with Gasteiger partial charge in [-0.05, 0) is 74.5 Å². The Labute approximate surface area is 738 Å². The molecule has 0 atom stereocenters. The van der Waals surface area contributed by atoms with Gasteiger partial charge in [0.1, 0.15) is 23.0 Å². The monoisotopic (exact) mass is 2280 g/mol. The first-order chi connectivity index (χ1) is 54.6. The van der Waals surface area contributed by atoms with E-state index in [9.17, 15) is 28.0 Å². The summed E-state index contributed by atoms with van der Waals surface area (Å²) in [5.74, 6) is -1.64. The first kappa shape index (κ1) is 103. The summed E-state index contributed by atoms with van der Waals surface area (Å²) in [4.78, 5) is 68.3. The number of allylic oxidation sites excluding steroid dienone is 6. The molecule has 4 N–H and O–H groups in total. The summed E-state index contributed by atoms with van der Waals surface area (Å²) in [6.45, 7) is 15.8. The van der Waals surface area contributed by atoms with Crippen LogP contribution in [0.5, 0.6) is 0 Å². The maximum absolute atomic E-state index is 13.1. The van der Waals surface area contributed by atoms with Crippen molar-refractivity contribution in [1.82, 2.24) is 19.9 Å². The van der Waals surface area contributed by atoms with Crippen molar-refractivity contribution < 1.29 is 129 Å². The summed E-state index contributed by atoms with van der Waals surface area (Å²) < 4.78 is 26.2. The molecule has 21 heteroatoms. The van der Waals surface area contributed by atoms with Crippen molar-refractivity contribution >= 4 is 52.1 Å². The first-order valence-electron chi connectivity index (χ1n) is 35.5. The molecule has 0 saturated heterocycles. The fourth-order valence-corrected chi connectivity index (χ4v) is 9.16. The minimum Gasteiger partial charge on any atom is -0.512 e. The van der Waals surface area contributed by atoms with E-state index in [0.29, 0.717) is 29.8 Å². The first-order valence-corrected chi connectivity index (χ1v) is 35.5. The number of aromatic carboxylic acids is 1. The van der Waals surface area contributed by atoms with Gasteiger partial charge >= 0.3 is 5.97 Å². The number of aromatic nitrogens is 4. The van der Waals surface area contributed by atoms with Crippen LogP contribution >= 0.6 is 0 Å². The van der Waals surface area contributed by atoms with Gasteiger partial charge in [-0.15, -0.1) is 102 Å². The molecule has 117 heavy (non-hydrogen) atoms. The van der Waals surface area contributed by atoms with Crippen LogP contribution in [-0.4, -0.2) is 84.0 Å². The maximum Gasteiger partial charge on any atom is 0.354 e. The predicted octanol–water partition coefficient (Wildman–Crippen LogP) is 21.3. The normalized spacial score (nSPS) is 10.6. The van der Waals surface area contributed by atoms with Gasteiger partial charge in [-0.2, -0.15) is 5.56 Å². The van der Waals surface area contributed by atoms with Crippen molar-refractivity contribution in [2.24, 2.45) is 4.99 Å². The number of nitrogens with zero attached hydrogens (tertiary/aromatic N) is 7. The number of pyridine rings is 4. The Morgan fingerprint density at radius 3 is 1.25 bits per heavy atom. The number of halogens is 2. The number of carboxylic acid groups (broad SMARTS) is 1. The Balaban J connectivity index is 0.000000682. The minimum absolute atomic E-state index is 0. The molecule has 0 aliphatic rings. The number of anilines is 1. The van der Waals surface area contributed by atoms with Crippen LogP contribution in [-0.2, 0) is 96.6 Å². The molecular weight excluding hydrogens is 2190 g/mol. The second-order valence-electron chi connectivity index (χ2n) is 23.9. The van der Waals surface area contributed by atoms with E-state index >= 15 is 0 Å². The van der Waals surface area contributed by atoms with Crippen LogP contribution in [0, 0.1) is 42.5 Å². The quantitative estimate of drug-likeness (QED) is 0.0148. The number of aliphatic hydroxyl groups excluding tert-OH is 3. The third-order valence-corrected chi connectivity index (χ3v) is 14.7. The van der Waals surface area contributed by atoms with Crippen LogP contribution in [0.1, 0.15) is 124 Å². The van der Waals surface area contributed by atoms with Gasteiger partial charge in [-0.3, -0.25) is 29.2 Å². The molecule has 0 aliphatic heterocycles. The zero-order chi connectivity index (χ0) is 81.8. The Hall–Kier alpha value is -11.9. The van der Waals surface area contributed by atoms with Gasteiger partial charge < -0.3 is 35.3 Å². The fourth-order valence-electron chi connectivity index (χ4n) is 9.16. The molecule has 0 saturated carbocycles. The second-order valence-corrected chi connectivity index (χ2v) is 23.9. The summed E-state index contributed by atoms with van der Waals surface area (Å²) in [6, 6.07) is 92.2. The van der Waals surface area contributed by atoms with Crippen LogP contribution in [0.3, 0.4) is 0 Å². The average Bonchev–Trinajstić information content (AvgIpc) is 0.837. The number of aliphatic hydroxyl groups is 3. The Bertz CT molecular complexity index is 5030. The molecule has 12 aromatic rings. The molecule has 8 aromatic carbocycles. The minimum atomic E-state index is -0.990. The standard InChI is InChI=1S/C19H12F2N.C19H14N.C16H14N3.C14H12N.C10H10O2.C7H12O2.C6H5NO2.C5H8O2.4Ir/c20-16-8-4-14(5-9-16)13-18(19-3-1-2-12-22-19)15-6-10-17(21)11-7-15;1-3-9-16(10-4-1)15-18(17-11-5-2-6-12-17)19-13-7-8-14-20-19;1-17-16(15-6-4-5-11-18-15)12-13-7-9-14(10-8-13)19(2)3;1-3-7-13(8-4-1)11-15-12-14-9-5-2-6-10-14;1-8(11)7-10(12)9-5-3-2-4-6-9;1-3-6(8)5-7(9)4-2;8-6(9)5-3-1-2-4-7-5;1-4(6)3-5(2)7;;;;/h1-12H;1-14H;4-11H,2-3H3;1-9,12H,11H2;2-7,11H,1H3;5,8H,3-4H2,1-2H3;1-4H,(H,8,9);3,6H,1-2H3;;;;/q4*-1;;;;;;;;. The number of carbonyl (C=O) groups excluding carboxylic acids is 3. The molecule has 0 unspecified atom stereocenters. The number of hydrogen-bond donors (Lipinski definition) is 4. The van der Waals surface area contributed by atoms with Crippen LogP contribution in [0.15, 0.2) is 356 Å². The number of ketones is 3. The van der Waals surface area contributed by atoms with Crippen LogP contribution in [0.4, 0.5) is 14.5 Å². The van der Waals surface area contributed by atoms with Crippen molar-refractivity contribution in [1.29, 1.82) is 0 Å². The number of carbonyl (C=O) groups is 4. The van der Waals surface area contributed by atoms with E-state index in [-0.39, 0.29) is 132 Å². The zero-order valence-corrected chi connectivity index (χ0v) is 74.7. The number of carboxylic acids is 1. The van der Waals surface area contributed by atoms with E-state index in [0.717, 1.165) is 68.1 Å². The van der Waals surface area contributed by atoms with E-state index in [4.69, 9.17) is 27.0 Å². The van der Waals surface area contributed by atoms with Crippen LogP contribution in [0.2, 0.25) is 0 Å². The summed E-state index contributed by atoms with van der Waals surface area (Å²) in [6.07, 6.45) is 22.9. The Kier molecular flexibility index (Phi) is 53.4. The summed E-state index contributed by atoms with van der Waals surface area (Å²) >= 11 is 0. The van der Waals surface area contributed by atoms with Gasteiger partial charge in [-0.1, -0.05) is 230 Å². The van der Waals surface area contributed by atoms with E-state index in [1.807, 2.05) is 207 Å². The largest absolute Gasteiger partial charge is 0.512 e. The maximum atomic E-state index is 13.1. The molecular formula is C96H87F2Ir4N7O8-4. The molecule has 12 rings (SSSR count). The molecule has 15 nitrogen and oxygen atoms in total. The molecule has 0 spiro atoms. The molecule has 0 bridgehead atoms. The molecule has 4 radical (unpaired) electrons. The van der Waals surface area contributed by atoms with Crippen LogP contribution in [0.25, 0.3) is 21.7 Å². The van der Waals surface area contributed by atoms with Crippen LogP contribution < -0.4 is 4.90 Å². The van der Waals surface area contributed by atoms with E-state index in [1.165, 1.54) is 81.1 Å². The van der Waals surface area contributed by atoms with Crippen molar-refractivity contribution in [3.8, 4) is 0 Å². The van der Waals surface area contributed by atoms with Gasteiger partial charge in [0.2, 0.25) is 0 Å². The topological polar surface area (TPSA) is 221 Å². The fraction of sp³-hybridized carbons (Fsp3) is 0.104. The summed E-state index contributed by atoms with van der Waals surface area (Å²) in [5.41, 5.74) is 13.1. The third-order valence-electron chi connectivity index (χ3n) is 14.7. The predicted molar refractivity (Wildman–Crippen MR) is 446 cm³/mol. The van der Waals surface area contributed by atoms with Crippen molar-refractivity contribution in [2.45, 2.75) is 54.0 Å². The molecule has 4 aromatic heterocycles. The molecule has 608 valence electrons.